The van der Waals surface area contributed by atoms with Crippen LogP contribution < -0.4 is 0 Å². The molecule has 4 nitrogen and oxygen atoms in total. The Bertz CT molecular complexity index is 418. The Morgan fingerprint density at radius 3 is 2.75 bits per heavy atom. The Kier molecular flexibility index (Phi) is 4.39. The van der Waals surface area contributed by atoms with Crippen LogP contribution in [0.25, 0.3) is 0 Å². The number of allylic oxidation sites excluding steroid dienone is 2. The molecule has 0 spiro atoms. The third kappa shape index (κ3) is 3.65. The zero-order valence-electron chi connectivity index (χ0n) is 9.34. The number of pyridine rings is 1. The van der Waals surface area contributed by atoms with Crippen LogP contribution in [-0.2, 0) is 11.3 Å². The first kappa shape index (κ1) is 12.1. The predicted octanol–water partition coefficient (Wildman–Crippen LogP) is 2.07. The average molecular weight is 218 g/mol. The van der Waals surface area contributed by atoms with Gasteiger partial charge in [0.1, 0.15) is 5.76 Å². The number of aliphatic hydroxyl groups is 1. The van der Waals surface area contributed by atoms with Gasteiger partial charge in [-0.25, -0.2) is 0 Å². The quantitative estimate of drug-likeness (QED) is 0.478. The molecule has 0 bridgehead atoms. The molecular weight excluding hydrogens is 204 g/mol. The van der Waals surface area contributed by atoms with Crippen molar-refractivity contribution >= 4 is 12.0 Å². The number of carbonyl (C=O) groups is 1. The molecule has 0 radical (unpaired) electrons. The minimum atomic E-state index is -0.204. The highest BCUT2D eigenvalue weighted by Crippen LogP contribution is 2.01. The largest absolute Gasteiger partial charge is 0.512 e. The molecule has 1 heterocycles. The summed E-state index contributed by atoms with van der Waals surface area (Å²) in [7, 11) is 0. The number of ketones is 1. The number of rotatable bonds is 4. The average Bonchev–Trinajstić information content (AvgIpc) is 2.24. The summed E-state index contributed by atoms with van der Waals surface area (Å²) in [6, 6.07) is 5.54. The number of aliphatic imine (C=N–C) groups is 1. The molecule has 0 aliphatic rings. The summed E-state index contributed by atoms with van der Waals surface area (Å²) < 4.78 is 0. The lowest BCUT2D eigenvalue weighted by atomic mass is 10.2. The summed E-state index contributed by atoms with van der Waals surface area (Å²) in [4.78, 5) is 19.2. The molecule has 4 heteroatoms. The van der Waals surface area contributed by atoms with Crippen molar-refractivity contribution in [3.05, 3.63) is 41.4 Å². The highest BCUT2D eigenvalue weighted by molar-refractivity contribution is 6.12. The van der Waals surface area contributed by atoms with E-state index in [0.717, 1.165) is 5.69 Å². The van der Waals surface area contributed by atoms with Crippen molar-refractivity contribution in [3.8, 4) is 0 Å². The van der Waals surface area contributed by atoms with E-state index in [-0.39, 0.29) is 17.1 Å². The second-order valence-electron chi connectivity index (χ2n) is 3.35. The lowest BCUT2D eigenvalue weighted by Gasteiger charge is -1.98. The van der Waals surface area contributed by atoms with E-state index in [2.05, 4.69) is 9.98 Å². The smallest absolute Gasteiger partial charge is 0.164 e. The van der Waals surface area contributed by atoms with Gasteiger partial charge >= 0.3 is 0 Å². The second-order valence-corrected chi connectivity index (χ2v) is 3.35. The molecule has 16 heavy (non-hydrogen) atoms. The third-order valence-corrected chi connectivity index (χ3v) is 1.97. The minimum Gasteiger partial charge on any atom is -0.512 e. The van der Waals surface area contributed by atoms with E-state index in [4.69, 9.17) is 0 Å². The fourth-order valence-corrected chi connectivity index (χ4v) is 1.16. The Labute approximate surface area is 94.4 Å². The summed E-state index contributed by atoms with van der Waals surface area (Å²) in [5.74, 6) is -0.220. The van der Waals surface area contributed by atoms with Gasteiger partial charge in [-0.1, -0.05) is 6.07 Å². The molecule has 0 saturated carbocycles. The summed E-state index contributed by atoms with van der Waals surface area (Å²) in [5.41, 5.74) is 1.05. The van der Waals surface area contributed by atoms with Gasteiger partial charge in [0.15, 0.2) is 5.78 Å². The van der Waals surface area contributed by atoms with Gasteiger partial charge in [-0.05, 0) is 26.0 Å². The van der Waals surface area contributed by atoms with E-state index in [1.807, 2.05) is 18.2 Å². The zero-order valence-corrected chi connectivity index (χ0v) is 9.34. The molecule has 1 N–H and O–H groups in total. The van der Waals surface area contributed by atoms with Crippen molar-refractivity contribution in [1.29, 1.82) is 0 Å². The van der Waals surface area contributed by atoms with Gasteiger partial charge in [0.25, 0.3) is 0 Å². The van der Waals surface area contributed by atoms with Crippen LogP contribution in [0.5, 0.6) is 0 Å². The highest BCUT2D eigenvalue weighted by atomic mass is 16.3. The van der Waals surface area contributed by atoms with E-state index in [9.17, 15) is 9.90 Å². The number of hydrogen-bond acceptors (Lipinski definition) is 4. The molecule has 0 aliphatic carbocycles. The van der Waals surface area contributed by atoms with Crippen molar-refractivity contribution in [2.45, 2.75) is 20.4 Å². The molecular formula is C12H14N2O2. The summed E-state index contributed by atoms with van der Waals surface area (Å²) in [6.45, 7) is 3.25. The van der Waals surface area contributed by atoms with Crippen LogP contribution in [-0.4, -0.2) is 22.1 Å². The topological polar surface area (TPSA) is 62.5 Å². The molecule has 0 aliphatic heterocycles. The second kappa shape index (κ2) is 5.80. The van der Waals surface area contributed by atoms with Gasteiger partial charge < -0.3 is 5.11 Å². The van der Waals surface area contributed by atoms with Crippen LogP contribution in [0.4, 0.5) is 0 Å². The van der Waals surface area contributed by atoms with Crippen molar-refractivity contribution < 1.29 is 9.90 Å². The maximum absolute atomic E-state index is 11.1. The molecule has 0 atom stereocenters. The Balaban J connectivity index is 2.68. The molecule has 0 unspecified atom stereocenters. The number of aromatic nitrogens is 1. The number of hydrogen-bond donors (Lipinski definition) is 1. The summed E-state index contributed by atoms with van der Waals surface area (Å²) in [5, 5.41) is 9.23. The maximum atomic E-state index is 11.1. The molecule has 84 valence electrons. The first-order valence-corrected chi connectivity index (χ1v) is 4.91. The number of Topliss-reactive ketones (excluding diaryl/α,β-unsaturated/α-hetero) is 1. The standard InChI is InChI=1S/C12H14N2O2/c1-9(15)12(10(2)16)8-13-7-11-5-3-4-6-14-11/h3-6,8,15H,7H2,1-2H3. The van der Waals surface area contributed by atoms with E-state index < -0.39 is 0 Å². The molecule has 1 rings (SSSR count). The molecule has 1 aromatic rings. The van der Waals surface area contributed by atoms with Crippen molar-refractivity contribution in [2.75, 3.05) is 0 Å². The van der Waals surface area contributed by atoms with Crippen LogP contribution >= 0.6 is 0 Å². The monoisotopic (exact) mass is 218 g/mol. The number of aliphatic hydroxyl groups excluding tert-OH is 1. The van der Waals surface area contributed by atoms with Gasteiger partial charge in [0.2, 0.25) is 0 Å². The van der Waals surface area contributed by atoms with Gasteiger partial charge in [-0.2, -0.15) is 0 Å². The first-order valence-electron chi connectivity index (χ1n) is 4.91. The van der Waals surface area contributed by atoms with Crippen LogP contribution in [0.15, 0.2) is 40.7 Å². The van der Waals surface area contributed by atoms with Crippen molar-refractivity contribution in [1.82, 2.24) is 4.98 Å². The van der Waals surface area contributed by atoms with E-state index in [1.165, 1.54) is 20.1 Å². The minimum absolute atomic E-state index is 0.0164. The van der Waals surface area contributed by atoms with Gasteiger partial charge in [0.05, 0.1) is 17.8 Å². The summed E-state index contributed by atoms with van der Waals surface area (Å²) >= 11 is 0. The van der Waals surface area contributed by atoms with Gasteiger partial charge in [-0.15, -0.1) is 0 Å². The van der Waals surface area contributed by atoms with E-state index in [0.29, 0.717) is 6.54 Å². The number of carbonyl (C=O) groups excluding carboxylic acids is 1. The van der Waals surface area contributed by atoms with Crippen LogP contribution in [0.1, 0.15) is 19.5 Å². The summed E-state index contributed by atoms with van der Waals surface area (Å²) in [6.07, 6.45) is 3.07. The highest BCUT2D eigenvalue weighted by Gasteiger charge is 2.04. The van der Waals surface area contributed by atoms with Crippen molar-refractivity contribution in [3.63, 3.8) is 0 Å². The van der Waals surface area contributed by atoms with Crippen LogP contribution in [0.3, 0.4) is 0 Å². The first-order chi connectivity index (χ1) is 7.61. The molecule has 0 saturated heterocycles. The molecule has 1 aromatic heterocycles. The van der Waals surface area contributed by atoms with E-state index in [1.54, 1.807) is 6.20 Å². The predicted molar refractivity (Wildman–Crippen MR) is 62.4 cm³/mol. The Hall–Kier alpha value is -1.97. The van der Waals surface area contributed by atoms with Crippen molar-refractivity contribution in [2.24, 2.45) is 4.99 Å². The Morgan fingerprint density at radius 2 is 2.25 bits per heavy atom. The van der Waals surface area contributed by atoms with Crippen LogP contribution in [0.2, 0.25) is 0 Å². The molecule has 0 fully saturated rings. The zero-order chi connectivity index (χ0) is 12.0. The fraction of sp³-hybridized carbons (Fsp3) is 0.250. The maximum Gasteiger partial charge on any atom is 0.164 e. The Morgan fingerprint density at radius 1 is 1.50 bits per heavy atom. The van der Waals surface area contributed by atoms with E-state index >= 15 is 0 Å². The molecule has 0 aromatic carbocycles. The SMILES string of the molecule is CC(=O)C(C=NCc1ccccn1)=C(C)O. The third-order valence-electron chi connectivity index (χ3n) is 1.97. The lowest BCUT2D eigenvalue weighted by Crippen LogP contribution is -2.01. The van der Waals surface area contributed by atoms with Gasteiger partial charge in [0, 0.05) is 12.4 Å². The lowest BCUT2D eigenvalue weighted by molar-refractivity contribution is -0.113. The molecule has 0 amide bonds. The fourth-order valence-electron chi connectivity index (χ4n) is 1.16. The normalized spacial score (nSPS) is 12.6. The number of nitrogens with zero attached hydrogens (tertiary/aromatic N) is 2. The van der Waals surface area contributed by atoms with Crippen LogP contribution in [0, 0.1) is 0 Å². The van der Waals surface area contributed by atoms with Gasteiger partial charge in [-0.3, -0.25) is 14.8 Å².